The van der Waals surface area contributed by atoms with Crippen molar-refractivity contribution in [2.24, 2.45) is 0 Å². The van der Waals surface area contributed by atoms with E-state index >= 15 is 0 Å². The maximum absolute atomic E-state index is 11.5. The molecule has 0 saturated carbocycles. The molecule has 0 aliphatic heterocycles. The maximum atomic E-state index is 11.5. The van der Waals surface area contributed by atoms with E-state index in [0.29, 0.717) is 6.54 Å². The van der Waals surface area contributed by atoms with Crippen LogP contribution in [0.25, 0.3) is 11.3 Å². The Balaban J connectivity index is 2.45. The zero-order valence-electron chi connectivity index (χ0n) is 9.76. The van der Waals surface area contributed by atoms with Crippen LogP contribution in [-0.2, 0) is 6.54 Å². The molecule has 0 amide bonds. The van der Waals surface area contributed by atoms with Crippen molar-refractivity contribution in [3.63, 3.8) is 0 Å². The highest BCUT2D eigenvalue weighted by atomic mass is 16.1. The summed E-state index contributed by atoms with van der Waals surface area (Å²) in [7, 11) is 0. The second-order valence-corrected chi connectivity index (χ2v) is 3.89. The molecule has 0 fully saturated rings. The molecule has 0 aliphatic rings. The van der Waals surface area contributed by atoms with Crippen LogP contribution in [0.4, 0.5) is 0 Å². The summed E-state index contributed by atoms with van der Waals surface area (Å²) in [5, 5.41) is 4.29. The Morgan fingerprint density at radius 2 is 1.94 bits per heavy atom. The van der Waals surface area contributed by atoms with Gasteiger partial charge < -0.3 is 0 Å². The molecule has 0 atom stereocenters. The van der Waals surface area contributed by atoms with Gasteiger partial charge in [-0.2, -0.15) is 5.10 Å². The highest BCUT2D eigenvalue weighted by Crippen LogP contribution is 2.15. The molecule has 0 radical (unpaired) electrons. The number of benzene rings is 1. The van der Waals surface area contributed by atoms with E-state index in [4.69, 9.17) is 0 Å². The number of rotatable bonds is 3. The quantitative estimate of drug-likeness (QED) is 0.753. The lowest BCUT2D eigenvalue weighted by molar-refractivity contribution is 0.656. The van der Waals surface area contributed by atoms with Crippen molar-refractivity contribution >= 4 is 0 Å². The summed E-state index contributed by atoms with van der Waals surface area (Å²) in [5.41, 5.74) is 2.90. The average molecular weight is 226 g/mol. The molecule has 3 heteroatoms. The zero-order valence-corrected chi connectivity index (χ0v) is 9.76. The van der Waals surface area contributed by atoms with E-state index in [9.17, 15) is 4.79 Å². The Morgan fingerprint density at radius 1 is 1.24 bits per heavy atom. The van der Waals surface area contributed by atoms with Crippen LogP contribution in [0.3, 0.4) is 0 Å². The first-order valence-electron chi connectivity index (χ1n) is 5.47. The van der Waals surface area contributed by atoms with Crippen molar-refractivity contribution in [2.75, 3.05) is 0 Å². The van der Waals surface area contributed by atoms with Crippen molar-refractivity contribution in [1.29, 1.82) is 0 Å². The molecule has 17 heavy (non-hydrogen) atoms. The molecule has 86 valence electrons. The van der Waals surface area contributed by atoms with Gasteiger partial charge in [0, 0.05) is 11.6 Å². The minimum atomic E-state index is -0.110. The Bertz CT molecular complexity index is 582. The summed E-state index contributed by atoms with van der Waals surface area (Å²) >= 11 is 0. The Kier molecular flexibility index (Phi) is 3.19. The molecule has 0 bridgehead atoms. The Morgan fingerprint density at radius 3 is 2.59 bits per heavy atom. The van der Waals surface area contributed by atoms with Crippen molar-refractivity contribution < 1.29 is 0 Å². The highest BCUT2D eigenvalue weighted by molar-refractivity contribution is 5.58. The van der Waals surface area contributed by atoms with Crippen LogP contribution in [0.5, 0.6) is 0 Å². The lowest BCUT2D eigenvalue weighted by Crippen LogP contribution is -2.21. The molecular weight excluding hydrogens is 212 g/mol. The lowest BCUT2D eigenvalue weighted by Gasteiger charge is -2.05. The Hall–Kier alpha value is -2.16. The van der Waals surface area contributed by atoms with Crippen molar-refractivity contribution in [3.05, 3.63) is 65.0 Å². The van der Waals surface area contributed by atoms with Gasteiger partial charge in [-0.25, -0.2) is 4.68 Å². The number of hydrogen-bond donors (Lipinski definition) is 0. The van der Waals surface area contributed by atoms with Gasteiger partial charge in [0.25, 0.3) is 5.56 Å². The fourth-order valence-corrected chi connectivity index (χ4v) is 1.58. The molecule has 0 saturated heterocycles. The third kappa shape index (κ3) is 2.50. The first kappa shape index (κ1) is 11.3. The molecule has 0 spiro atoms. The smallest absolute Gasteiger partial charge is 0.267 e. The third-order valence-corrected chi connectivity index (χ3v) is 2.52. The largest absolute Gasteiger partial charge is 0.268 e. The Labute approximate surface area is 100 Å². The first-order valence-corrected chi connectivity index (χ1v) is 5.47. The first-order chi connectivity index (χ1) is 8.20. The van der Waals surface area contributed by atoms with Crippen LogP contribution in [-0.4, -0.2) is 9.78 Å². The SMILES string of the molecule is C=CCn1nc(-c2ccc(C)cc2)ccc1=O. The molecule has 1 heterocycles. The fraction of sp³-hybridized carbons (Fsp3) is 0.143. The van der Waals surface area contributed by atoms with Crippen LogP contribution in [0, 0.1) is 6.92 Å². The summed E-state index contributed by atoms with van der Waals surface area (Å²) in [6, 6.07) is 11.3. The van der Waals surface area contributed by atoms with Crippen LogP contribution >= 0.6 is 0 Å². The van der Waals surface area contributed by atoms with E-state index in [2.05, 4.69) is 11.7 Å². The molecule has 3 nitrogen and oxygen atoms in total. The summed E-state index contributed by atoms with van der Waals surface area (Å²) in [6.07, 6.45) is 1.66. The van der Waals surface area contributed by atoms with Crippen LogP contribution in [0.2, 0.25) is 0 Å². The summed E-state index contributed by atoms with van der Waals surface area (Å²) in [5.74, 6) is 0. The monoisotopic (exact) mass is 226 g/mol. The van der Waals surface area contributed by atoms with Gasteiger partial charge in [-0.05, 0) is 13.0 Å². The van der Waals surface area contributed by atoms with Gasteiger partial charge in [0.05, 0.1) is 12.2 Å². The van der Waals surface area contributed by atoms with E-state index in [1.54, 1.807) is 12.1 Å². The number of nitrogens with zero attached hydrogens (tertiary/aromatic N) is 2. The maximum Gasteiger partial charge on any atom is 0.267 e. The van der Waals surface area contributed by atoms with E-state index in [-0.39, 0.29) is 5.56 Å². The summed E-state index contributed by atoms with van der Waals surface area (Å²) in [4.78, 5) is 11.5. The molecular formula is C14H14N2O. The van der Waals surface area contributed by atoms with Gasteiger partial charge in [0.15, 0.2) is 0 Å². The van der Waals surface area contributed by atoms with E-state index in [1.165, 1.54) is 16.3 Å². The molecule has 0 unspecified atom stereocenters. The normalized spacial score (nSPS) is 10.2. The topological polar surface area (TPSA) is 34.9 Å². The van der Waals surface area contributed by atoms with Gasteiger partial charge in [0.1, 0.15) is 0 Å². The van der Waals surface area contributed by atoms with E-state index in [0.717, 1.165) is 11.3 Å². The number of hydrogen-bond acceptors (Lipinski definition) is 2. The molecule has 2 aromatic rings. The van der Waals surface area contributed by atoms with Gasteiger partial charge in [-0.1, -0.05) is 35.9 Å². The molecule has 0 aliphatic carbocycles. The molecule has 1 aromatic heterocycles. The summed E-state index contributed by atoms with van der Waals surface area (Å²) in [6.45, 7) is 6.08. The number of aromatic nitrogens is 2. The summed E-state index contributed by atoms with van der Waals surface area (Å²) < 4.78 is 1.40. The van der Waals surface area contributed by atoms with Crippen LogP contribution in [0.15, 0.2) is 53.8 Å². The predicted molar refractivity (Wildman–Crippen MR) is 68.9 cm³/mol. The number of allylic oxidation sites excluding steroid dienone is 1. The van der Waals surface area contributed by atoms with Crippen molar-refractivity contribution in [2.45, 2.75) is 13.5 Å². The minimum absolute atomic E-state index is 0.110. The highest BCUT2D eigenvalue weighted by Gasteiger charge is 2.01. The zero-order chi connectivity index (χ0) is 12.3. The van der Waals surface area contributed by atoms with Gasteiger partial charge in [-0.15, -0.1) is 6.58 Å². The second-order valence-electron chi connectivity index (χ2n) is 3.89. The molecule has 2 rings (SSSR count). The number of aryl methyl sites for hydroxylation is 1. The fourth-order valence-electron chi connectivity index (χ4n) is 1.58. The lowest BCUT2D eigenvalue weighted by atomic mass is 10.1. The van der Waals surface area contributed by atoms with Gasteiger partial charge in [-0.3, -0.25) is 4.79 Å². The predicted octanol–water partition coefficient (Wildman–Crippen LogP) is 2.40. The van der Waals surface area contributed by atoms with Crippen LogP contribution < -0.4 is 5.56 Å². The minimum Gasteiger partial charge on any atom is -0.268 e. The standard InChI is InChI=1S/C14H14N2O/c1-3-10-16-14(17)9-8-13(15-16)12-6-4-11(2)5-7-12/h3-9H,1,10H2,2H3. The molecule has 0 N–H and O–H groups in total. The van der Waals surface area contributed by atoms with Crippen molar-refractivity contribution in [3.8, 4) is 11.3 Å². The van der Waals surface area contributed by atoms with Crippen LogP contribution in [0.1, 0.15) is 5.56 Å². The second kappa shape index (κ2) is 4.78. The van der Waals surface area contributed by atoms with Crippen molar-refractivity contribution in [1.82, 2.24) is 9.78 Å². The van der Waals surface area contributed by atoms with E-state index < -0.39 is 0 Å². The van der Waals surface area contributed by atoms with Gasteiger partial charge in [0.2, 0.25) is 0 Å². The average Bonchev–Trinajstić information content (AvgIpc) is 2.33. The van der Waals surface area contributed by atoms with Gasteiger partial charge >= 0.3 is 0 Å². The third-order valence-electron chi connectivity index (χ3n) is 2.52. The molecule has 1 aromatic carbocycles. The van der Waals surface area contributed by atoms with E-state index in [1.807, 2.05) is 31.2 Å².